The first-order valence-electron chi connectivity index (χ1n) is 8.89. The molecular weight excluding hydrogens is 366 g/mol. The molecule has 8 nitrogen and oxygen atoms in total. The summed E-state index contributed by atoms with van der Waals surface area (Å²) < 4.78 is 21.8. The van der Waals surface area contributed by atoms with Crippen molar-refractivity contribution in [3.8, 4) is 11.5 Å². The van der Waals surface area contributed by atoms with Gasteiger partial charge in [0.15, 0.2) is 0 Å². The quantitative estimate of drug-likeness (QED) is 0.242. The van der Waals surface area contributed by atoms with Crippen molar-refractivity contribution in [3.05, 3.63) is 48.5 Å². The number of hydrogen-bond acceptors (Lipinski definition) is 8. The van der Waals surface area contributed by atoms with Crippen LogP contribution < -0.4 is 20.4 Å². The molecule has 0 amide bonds. The Morgan fingerprint density at radius 1 is 0.500 bits per heavy atom. The first-order valence-corrected chi connectivity index (χ1v) is 8.89. The maximum atomic E-state index is 9.01. The van der Waals surface area contributed by atoms with Crippen LogP contribution >= 0.6 is 0 Å². The highest BCUT2D eigenvalue weighted by molar-refractivity contribution is 6.58. The van der Waals surface area contributed by atoms with Crippen LogP contribution in [0.4, 0.5) is 0 Å². The molecule has 28 heavy (non-hydrogen) atoms. The van der Waals surface area contributed by atoms with Crippen molar-refractivity contribution >= 4 is 25.2 Å². The molecule has 150 valence electrons. The van der Waals surface area contributed by atoms with E-state index in [1.807, 2.05) is 0 Å². The Morgan fingerprint density at radius 2 is 0.821 bits per heavy atom. The molecular formula is C18H24B2O8. The number of benzene rings is 2. The van der Waals surface area contributed by atoms with E-state index in [4.69, 9.17) is 39.0 Å². The first kappa shape index (κ1) is 22.2. The van der Waals surface area contributed by atoms with Crippen molar-refractivity contribution in [3.63, 3.8) is 0 Å². The average Bonchev–Trinajstić information content (AvgIpc) is 2.70. The lowest BCUT2D eigenvalue weighted by molar-refractivity contribution is 0.0273. The summed E-state index contributed by atoms with van der Waals surface area (Å²) in [5.41, 5.74) is 0.816. The standard InChI is InChI=1S/C18H24B2O8/c21-19(22)15-1-5-17(6-2-15)27-13-11-25-9-10-26-12-14-28-18-7-3-16(4-8-18)20(23)24/h1-8,21-24H,9-14H2. The normalized spacial score (nSPS) is 10.6. The second-order valence-corrected chi connectivity index (χ2v) is 5.81. The molecule has 2 aromatic rings. The van der Waals surface area contributed by atoms with E-state index in [-0.39, 0.29) is 0 Å². The Morgan fingerprint density at radius 3 is 1.14 bits per heavy atom. The minimum Gasteiger partial charge on any atom is -0.491 e. The Bertz CT molecular complexity index is 605. The van der Waals surface area contributed by atoms with E-state index in [2.05, 4.69) is 0 Å². The fraction of sp³-hybridized carbons (Fsp3) is 0.333. The van der Waals surface area contributed by atoms with Crippen LogP contribution in [0, 0.1) is 0 Å². The maximum absolute atomic E-state index is 9.01. The summed E-state index contributed by atoms with van der Waals surface area (Å²) in [7, 11) is -2.97. The average molecular weight is 390 g/mol. The van der Waals surface area contributed by atoms with Gasteiger partial charge in [0.2, 0.25) is 0 Å². The van der Waals surface area contributed by atoms with Crippen LogP contribution in [0.2, 0.25) is 0 Å². The second kappa shape index (κ2) is 12.4. The molecule has 0 aromatic heterocycles. The van der Waals surface area contributed by atoms with E-state index < -0.39 is 14.2 Å². The van der Waals surface area contributed by atoms with Crippen LogP contribution in [0.1, 0.15) is 0 Å². The van der Waals surface area contributed by atoms with E-state index in [0.717, 1.165) is 0 Å². The second-order valence-electron chi connectivity index (χ2n) is 5.81. The van der Waals surface area contributed by atoms with Gasteiger partial charge >= 0.3 is 14.2 Å². The zero-order chi connectivity index (χ0) is 20.2. The van der Waals surface area contributed by atoms with E-state index >= 15 is 0 Å². The lowest BCUT2D eigenvalue weighted by atomic mass is 9.80. The lowest BCUT2D eigenvalue weighted by Crippen LogP contribution is -2.29. The molecule has 0 aliphatic rings. The molecule has 0 atom stereocenters. The molecule has 0 saturated carbocycles. The topological polar surface area (TPSA) is 118 Å². The summed E-state index contributed by atoms with van der Waals surface area (Å²) in [4.78, 5) is 0. The van der Waals surface area contributed by atoms with Crippen molar-refractivity contribution in [1.82, 2.24) is 0 Å². The van der Waals surface area contributed by atoms with Gasteiger partial charge in [0.05, 0.1) is 26.4 Å². The third-order valence-corrected chi connectivity index (χ3v) is 3.72. The largest absolute Gasteiger partial charge is 0.491 e. The van der Waals surface area contributed by atoms with Gasteiger partial charge in [-0.15, -0.1) is 0 Å². The Labute approximate surface area is 164 Å². The lowest BCUT2D eigenvalue weighted by Gasteiger charge is -2.09. The van der Waals surface area contributed by atoms with Gasteiger partial charge in [-0.3, -0.25) is 0 Å². The third kappa shape index (κ3) is 8.30. The van der Waals surface area contributed by atoms with Gasteiger partial charge in [-0.25, -0.2) is 0 Å². The van der Waals surface area contributed by atoms with Gasteiger partial charge in [0.25, 0.3) is 0 Å². The molecule has 0 unspecified atom stereocenters. The van der Waals surface area contributed by atoms with Gasteiger partial charge in [-0.2, -0.15) is 0 Å². The highest BCUT2D eigenvalue weighted by Crippen LogP contribution is 2.08. The minimum atomic E-state index is -1.48. The van der Waals surface area contributed by atoms with E-state index in [1.54, 1.807) is 48.5 Å². The maximum Gasteiger partial charge on any atom is 0.488 e. The van der Waals surface area contributed by atoms with Gasteiger partial charge in [0, 0.05) is 0 Å². The Balaban J connectivity index is 1.44. The van der Waals surface area contributed by atoms with Gasteiger partial charge in [0.1, 0.15) is 24.7 Å². The SMILES string of the molecule is OB(O)c1ccc(OCCOCCOCCOc2ccc(B(O)O)cc2)cc1. The fourth-order valence-electron chi connectivity index (χ4n) is 2.23. The smallest absolute Gasteiger partial charge is 0.488 e. The predicted molar refractivity (Wildman–Crippen MR) is 105 cm³/mol. The monoisotopic (exact) mass is 390 g/mol. The summed E-state index contributed by atoms with van der Waals surface area (Å²) in [5, 5.41) is 36.0. The molecule has 0 saturated heterocycles. The molecule has 0 fully saturated rings. The van der Waals surface area contributed by atoms with Crippen LogP contribution in [0.25, 0.3) is 0 Å². The van der Waals surface area contributed by atoms with Crippen LogP contribution in [0.5, 0.6) is 11.5 Å². The van der Waals surface area contributed by atoms with Crippen LogP contribution in [-0.2, 0) is 9.47 Å². The predicted octanol–water partition coefficient (Wildman–Crippen LogP) is -1.46. The van der Waals surface area contributed by atoms with Crippen LogP contribution in [0.15, 0.2) is 48.5 Å². The molecule has 2 aromatic carbocycles. The third-order valence-electron chi connectivity index (χ3n) is 3.72. The number of rotatable bonds is 13. The molecule has 0 spiro atoms. The van der Waals surface area contributed by atoms with E-state index in [9.17, 15) is 0 Å². The van der Waals surface area contributed by atoms with Crippen molar-refractivity contribution in [2.45, 2.75) is 0 Å². The van der Waals surface area contributed by atoms with Crippen LogP contribution in [-0.4, -0.2) is 74.0 Å². The summed E-state index contributed by atoms with van der Waals surface area (Å²) in [6.07, 6.45) is 0. The summed E-state index contributed by atoms with van der Waals surface area (Å²) >= 11 is 0. The highest BCUT2D eigenvalue weighted by atomic mass is 16.6. The fourth-order valence-corrected chi connectivity index (χ4v) is 2.23. The zero-order valence-corrected chi connectivity index (χ0v) is 15.4. The zero-order valence-electron chi connectivity index (χ0n) is 15.4. The molecule has 0 bridgehead atoms. The molecule has 10 heteroatoms. The molecule has 4 N–H and O–H groups in total. The summed E-state index contributed by atoms with van der Waals surface area (Å²) in [5.74, 6) is 1.26. The van der Waals surface area contributed by atoms with Gasteiger partial charge < -0.3 is 39.0 Å². The highest BCUT2D eigenvalue weighted by Gasteiger charge is 2.10. The molecule has 0 aliphatic heterocycles. The number of hydrogen-bond donors (Lipinski definition) is 4. The van der Waals surface area contributed by atoms with E-state index in [0.29, 0.717) is 62.1 Å². The van der Waals surface area contributed by atoms with Gasteiger partial charge in [-0.05, 0) is 35.2 Å². The van der Waals surface area contributed by atoms with Gasteiger partial charge in [-0.1, -0.05) is 24.3 Å². The van der Waals surface area contributed by atoms with Crippen molar-refractivity contribution in [1.29, 1.82) is 0 Å². The molecule has 0 heterocycles. The number of ether oxygens (including phenoxy) is 4. The molecule has 0 aliphatic carbocycles. The van der Waals surface area contributed by atoms with Crippen molar-refractivity contribution in [2.24, 2.45) is 0 Å². The molecule has 2 rings (SSSR count). The van der Waals surface area contributed by atoms with E-state index in [1.165, 1.54) is 0 Å². The Hall–Kier alpha value is -2.07. The van der Waals surface area contributed by atoms with Crippen molar-refractivity contribution < 1.29 is 39.0 Å². The molecule has 0 radical (unpaired) electrons. The minimum absolute atomic E-state index is 0.378. The van der Waals surface area contributed by atoms with Crippen molar-refractivity contribution in [2.75, 3.05) is 39.6 Å². The summed E-state index contributed by atoms with van der Waals surface area (Å²) in [6, 6.07) is 13.0. The summed E-state index contributed by atoms with van der Waals surface area (Å²) in [6.45, 7) is 2.44. The Kier molecular flexibility index (Phi) is 9.84. The van der Waals surface area contributed by atoms with Crippen LogP contribution in [0.3, 0.4) is 0 Å². The first-order chi connectivity index (χ1) is 13.6.